The number of hydrogen-bond acceptors (Lipinski definition) is 7. The van der Waals surface area contributed by atoms with Crippen LogP contribution >= 0.6 is 0 Å². The molecule has 2 fully saturated rings. The number of allylic oxidation sites excluding steroid dienone is 4. The van der Waals surface area contributed by atoms with Crippen LogP contribution in [0.2, 0.25) is 0 Å². The lowest BCUT2D eigenvalue weighted by molar-refractivity contribution is -0.137. The van der Waals surface area contributed by atoms with Crippen molar-refractivity contribution in [3.8, 4) is 0 Å². The summed E-state index contributed by atoms with van der Waals surface area (Å²) in [5, 5.41) is 0. The molecule has 0 spiro atoms. The molecule has 0 aromatic heterocycles. The van der Waals surface area contributed by atoms with Crippen molar-refractivity contribution in [3.63, 3.8) is 0 Å². The number of likely N-dealkylation sites (tertiary alicyclic amines) is 2. The van der Waals surface area contributed by atoms with Gasteiger partial charge in [-0.25, -0.2) is 14.5 Å². The van der Waals surface area contributed by atoms with Crippen molar-refractivity contribution < 1.29 is 33.4 Å². The molecule has 0 bridgehead atoms. The molecule has 2 rings (SSSR count). The van der Waals surface area contributed by atoms with E-state index in [1.165, 1.54) is 13.8 Å². The molecule has 0 unspecified atom stereocenters. The number of ketones is 2. The van der Waals surface area contributed by atoms with Crippen LogP contribution in [-0.2, 0) is 23.9 Å². The lowest BCUT2D eigenvalue weighted by Crippen LogP contribution is -2.46. The Kier molecular flexibility index (Phi) is 14.7. The Bertz CT molecular complexity index is 1090. The molecule has 2 aliphatic rings. The van der Waals surface area contributed by atoms with E-state index in [4.69, 9.17) is 9.47 Å². The molecular formula is C35H56N2O7. The Morgan fingerprint density at radius 3 is 1.52 bits per heavy atom. The van der Waals surface area contributed by atoms with Crippen molar-refractivity contribution in [3.05, 3.63) is 50.6 Å². The van der Waals surface area contributed by atoms with Crippen molar-refractivity contribution in [2.24, 2.45) is 10.8 Å². The van der Waals surface area contributed by atoms with Gasteiger partial charge in [-0.1, -0.05) is 31.7 Å². The normalized spacial score (nSPS) is 20.3. The smallest absolute Gasteiger partial charge is 0.417 e. The second-order valence-corrected chi connectivity index (χ2v) is 13.7. The zero-order chi connectivity index (χ0) is 33.4. The molecule has 2 saturated heterocycles. The van der Waals surface area contributed by atoms with Gasteiger partial charge in [0.2, 0.25) is 5.91 Å². The maximum Gasteiger partial charge on any atom is 0.417 e. The van der Waals surface area contributed by atoms with Crippen LogP contribution in [0.25, 0.3) is 0 Å². The van der Waals surface area contributed by atoms with Crippen LogP contribution in [-0.4, -0.2) is 69.3 Å². The molecule has 9 heteroatoms. The van der Waals surface area contributed by atoms with Gasteiger partial charge in [0.15, 0.2) is 11.6 Å². The highest BCUT2D eigenvalue weighted by Crippen LogP contribution is 2.44. The van der Waals surface area contributed by atoms with E-state index in [0.29, 0.717) is 25.8 Å². The van der Waals surface area contributed by atoms with Crippen LogP contribution in [0.3, 0.4) is 0 Å². The number of amides is 3. The van der Waals surface area contributed by atoms with Crippen molar-refractivity contribution >= 4 is 29.7 Å². The fourth-order valence-corrected chi connectivity index (χ4v) is 5.69. The fourth-order valence-electron chi connectivity index (χ4n) is 5.69. The van der Waals surface area contributed by atoms with Gasteiger partial charge in [0.05, 0.1) is 11.5 Å². The topological polar surface area (TPSA) is 110 Å². The maximum absolute atomic E-state index is 12.8. The quantitative estimate of drug-likeness (QED) is 0.232. The Balaban J connectivity index is 0.000000823. The largest absolute Gasteiger partial charge is 0.444 e. The van der Waals surface area contributed by atoms with Gasteiger partial charge in [-0.2, -0.15) is 0 Å². The van der Waals surface area contributed by atoms with Gasteiger partial charge in [0.25, 0.3) is 0 Å². The second kappa shape index (κ2) is 16.0. The summed E-state index contributed by atoms with van der Waals surface area (Å²) in [6.07, 6.45) is 8.97. The number of carbonyl (C=O) groups excluding carboxylic acids is 5. The third-order valence-corrected chi connectivity index (χ3v) is 7.46. The number of Topliss-reactive ketones (excluding diaryl/α,β-unsaturated/α-hetero) is 2. The lowest BCUT2D eigenvalue weighted by atomic mass is 9.78. The minimum absolute atomic E-state index is 0. The van der Waals surface area contributed by atoms with E-state index in [2.05, 4.69) is 26.3 Å². The van der Waals surface area contributed by atoms with Gasteiger partial charge in [-0.3, -0.25) is 19.3 Å². The van der Waals surface area contributed by atoms with Crippen molar-refractivity contribution in [2.75, 3.05) is 6.54 Å². The summed E-state index contributed by atoms with van der Waals surface area (Å²) in [6, 6.07) is -1.21. The first-order chi connectivity index (χ1) is 19.7. The van der Waals surface area contributed by atoms with Crippen LogP contribution in [0.4, 0.5) is 9.59 Å². The van der Waals surface area contributed by atoms with E-state index < -0.39 is 40.9 Å². The van der Waals surface area contributed by atoms with Crippen molar-refractivity contribution in [1.82, 2.24) is 9.80 Å². The van der Waals surface area contributed by atoms with Crippen molar-refractivity contribution in [2.45, 2.75) is 125 Å². The highest BCUT2D eigenvalue weighted by molar-refractivity contribution is 6.03. The Hall–Kier alpha value is -3.49. The predicted octanol–water partition coefficient (Wildman–Crippen LogP) is 7.61. The van der Waals surface area contributed by atoms with E-state index in [1.807, 2.05) is 32.9 Å². The van der Waals surface area contributed by atoms with E-state index in [-0.39, 0.29) is 36.7 Å². The van der Waals surface area contributed by atoms with Crippen LogP contribution < -0.4 is 0 Å². The fraction of sp³-hybridized carbons (Fsp3) is 0.629. The number of carbonyl (C=O) groups is 5. The van der Waals surface area contributed by atoms with Crippen LogP contribution in [0.5, 0.6) is 0 Å². The monoisotopic (exact) mass is 616 g/mol. The molecule has 0 aromatic carbocycles. The van der Waals surface area contributed by atoms with E-state index in [9.17, 15) is 24.0 Å². The molecule has 0 radical (unpaired) electrons. The number of rotatable bonds is 10. The van der Waals surface area contributed by atoms with Crippen molar-refractivity contribution in [1.29, 1.82) is 0 Å². The van der Waals surface area contributed by atoms with Gasteiger partial charge in [0, 0.05) is 6.54 Å². The third kappa shape index (κ3) is 10.6. The maximum atomic E-state index is 12.8. The molecule has 2 atom stereocenters. The molecule has 248 valence electrons. The summed E-state index contributed by atoms with van der Waals surface area (Å²) in [5.41, 5.74) is -2.30. The molecular weight excluding hydrogens is 560 g/mol. The number of nitrogens with zero attached hydrogens (tertiary/aromatic N) is 2. The second-order valence-electron chi connectivity index (χ2n) is 13.7. The first kappa shape index (κ1) is 40.5. The third-order valence-electron chi connectivity index (χ3n) is 7.46. The first-order valence-corrected chi connectivity index (χ1v) is 14.7. The summed E-state index contributed by atoms with van der Waals surface area (Å²) in [4.78, 5) is 63.9. The number of ether oxygens (including phenoxy) is 2. The summed E-state index contributed by atoms with van der Waals surface area (Å²) in [6.45, 7) is 29.0. The summed E-state index contributed by atoms with van der Waals surface area (Å²) < 4.78 is 10.7. The zero-order valence-electron chi connectivity index (χ0n) is 27.5. The number of hydrogen-bond donors (Lipinski definition) is 0. The standard InChI is InChI=1S/C17H25NO4.C17H27NO3.CH4/c1-7-9-17(10-8-2)11-13(12(3)19)18(14(17)20)15(21)22-16(4,5)6;1-7-9-17(10-8-2)11-14(13(3)19)18(12-17)15(20)21-16(4,5)6;/h7-8,13H,1-2,9-11H2,3-6H3;7-8,14H,1-2,9-12H2,3-6H3;1H4/t13-;14-;/m00./s1. The van der Waals surface area contributed by atoms with Gasteiger partial charge in [-0.05, 0) is 99.3 Å². The Morgan fingerprint density at radius 1 is 0.750 bits per heavy atom. The SMILES string of the molecule is C.C=CCC1(CC=C)C[C@@H](C(C)=O)N(C(=O)OC(C)(C)C)C1.C=CCC1(CC=C)C[C@@H](C(C)=O)N(C(=O)OC(C)(C)C)C1=O. The average Bonchev–Trinajstić information content (AvgIpc) is 3.35. The minimum Gasteiger partial charge on any atom is -0.444 e. The molecule has 44 heavy (non-hydrogen) atoms. The summed E-state index contributed by atoms with van der Waals surface area (Å²) >= 11 is 0. The summed E-state index contributed by atoms with van der Waals surface area (Å²) in [7, 11) is 0. The molecule has 0 N–H and O–H groups in total. The Labute approximate surface area is 265 Å². The number of imide groups is 1. The molecule has 0 saturated carbocycles. The van der Waals surface area contributed by atoms with Gasteiger partial charge >= 0.3 is 12.2 Å². The van der Waals surface area contributed by atoms with Gasteiger partial charge < -0.3 is 9.47 Å². The molecule has 2 aliphatic heterocycles. The van der Waals surface area contributed by atoms with E-state index >= 15 is 0 Å². The van der Waals surface area contributed by atoms with Gasteiger partial charge in [-0.15, -0.1) is 26.3 Å². The molecule has 0 aromatic rings. The van der Waals surface area contributed by atoms with E-state index in [0.717, 1.165) is 17.7 Å². The lowest BCUT2D eigenvalue weighted by Gasteiger charge is -2.29. The van der Waals surface area contributed by atoms with E-state index in [1.54, 1.807) is 37.8 Å². The van der Waals surface area contributed by atoms with Gasteiger partial charge in [0.1, 0.15) is 17.2 Å². The molecule has 9 nitrogen and oxygen atoms in total. The van der Waals surface area contributed by atoms with Crippen LogP contribution in [0.15, 0.2) is 50.6 Å². The molecule has 2 heterocycles. The highest BCUT2D eigenvalue weighted by Gasteiger charge is 2.55. The predicted molar refractivity (Wildman–Crippen MR) is 175 cm³/mol. The molecule has 3 amide bonds. The van der Waals surface area contributed by atoms with Crippen LogP contribution in [0.1, 0.15) is 101 Å². The highest BCUT2D eigenvalue weighted by atomic mass is 16.6. The average molecular weight is 617 g/mol. The molecule has 0 aliphatic carbocycles. The first-order valence-electron chi connectivity index (χ1n) is 14.7. The Morgan fingerprint density at radius 2 is 1.16 bits per heavy atom. The van der Waals surface area contributed by atoms with Crippen LogP contribution in [0, 0.1) is 10.8 Å². The zero-order valence-corrected chi connectivity index (χ0v) is 27.5. The minimum atomic E-state index is -0.837. The summed E-state index contributed by atoms with van der Waals surface area (Å²) in [5.74, 6) is -0.619.